The highest BCUT2D eigenvalue weighted by molar-refractivity contribution is 6.25. The Morgan fingerprint density at radius 1 is 0.290 bits per heavy atom. The van der Waals surface area contributed by atoms with Gasteiger partial charge in [0.05, 0.1) is 5.69 Å². The lowest BCUT2D eigenvalue weighted by Gasteiger charge is -2.30. The van der Waals surface area contributed by atoms with E-state index in [9.17, 15) is 0 Å². The SMILES string of the molecule is CC1(C)c2cc(-c3ccc4ccccc4c3)ccc2-c2ccc(N(c3ccc4c5ccccc5c5ccccc5c4c3)c3ccccc3-c3cccc(-c4ccccc4)c3)cc21. The zero-order valence-corrected chi connectivity index (χ0v) is 34.8. The van der Waals surface area contributed by atoms with Crippen LogP contribution >= 0.6 is 0 Å². The van der Waals surface area contributed by atoms with Crippen molar-refractivity contribution >= 4 is 60.2 Å². The Hall–Kier alpha value is -7.74. The number of hydrogen-bond donors (Lipinski definition) is 0. The minimum Gasteiger partial charge on any atom is -0.310 e. The van der Waals surface area contributed by atoms with Gasteiger partial charge in [-0.25, -0.2) is 0 Å². The molecule has 0 saturated heterocycles. The minimum atomic E-state index is -0.221. The first-order chi connectivity index (χ1) is 30.5. The molecule has 0 unspecified atom stereocenters. The lowest BCUT2D eigenvalue weighted by atomic mass is 9.81. The number of fused-ring (bicyclic) bond motifs is 10. The van der Waals surface area contributed by atoms with Crippen molar-refractivity contribution in [2.75, 3.05) is 4.90 Å². The summed E-state index contributed by atoms with van der Waals surface area (Å²) in [6.45, 7) is 4.79. The molecule has 11 aromatic rings. The van der Waals surface area contributed by atoms with Gasteiger partial charge in [0.15, 0.2) is 0 Å². The molecule has 0 aliphatic heterocycles. The molecule has 12 rings (SSSR count). The van der Waals surface area contributed by atoms with Gasteiger partial charge in [-0.1, -0.05) is 190 Å². The van der Waals surface area contributed by atoms with E-state index in [-0.39, 0.29) is 5.41 Å². The fourth-order valence-corrected chi connectivity index (χ4v) is 10.3. The Kier molecular flexibility index (Phi) is 8.27. The molecule has 0 saturated carbocycles. The van der Waals surface area contributed by atoms with E-state index in [4.69, 9.17) is 0 Å². The first-order valence-electron chi connectivity index (χ1n) is 21.7. The third kappa shape index (κ3) is 5.77. The molecule has 0 atom stereocenters. The molecule has 0 radical (unpaired) electrons. The van der Waals surface area contributed by atoms with Gasteiger partial charge >= 0.3 is 0 Å². The number of nitrogens with zero attached hydrogens (tertiary/aromatic N) is 1. The van der Waals surface area contributed by atoms with E-state index in [1.54, 1.807) is 0 Å². The summed E-state index contributed by atoms with van der Waals surface area (Å²) >= 11 is 0. The van der Waals surface area contributed by atoms with E-state index in [1.807, 2.05) is 0 Å². The predicted molar refractivity (Wildman–Crippen MR) is 265 cm³/mol. The van der Waals surface area contributed by atoms with E-state index >= 15 is 0 Å². The summed E-state index contributed by atoms with van der Waals surface area (Å²) in [4.78, 5) is 2.49. The van der Waals surface area contributed by atoms with Gasteiger partial charge in [0.2, 0.25) is 0 Å². The van der Waals surface area contributed by atoms with Crippen LogP contribution in [-0.2, 0) is 5.41 Å². The van der Waals surface area contributed by atoms with E-state index in [2.05, 4.69) is 243 Å². The summed E-state index contributed by atoms with van der Waals surface area (Å²) in [5.41, 5.74) is 15.8. The highest BCUT2D eigenvalue weighted by Crippen LogP contribution is 2.53. The number of benzene rings is 11. The average molecular weight is 790 g/mol. The standard InChI is InChI=1S/C61H43N/c1-61(2)58-37-45(44-28-27-41-17-6-7-18-42(41)35-44)29-32-55(58)56-34-31-48(39-59(56)61)62(60-26-13-12-21-49(60)46-20-14-19-43(36-46)40-15-4-3-5-16-40)47-30-33-54-52-24-9-8-22-50(52)51-23-10-11-25-53(51)57(54)38-47/h3-39H,1-2H3. The zero-order chi connectivity index (χ0) is 41.4. The number of anilines is 3. The summed E-state index contributed by atoms with van der Waals surface area (Å²) < 4.78 is 0. The number of hydrogen-bond acceptors (Lipinski definition) is 1. The van der Waals surface area contributed by atoms with Crippen LogP contribution in [0.25, 0.3) is 87.6 Å². The van der Waals surface area contributed by atoms with Gasteiger partial charge in [-0.15, -0.1) is 0 Å². The maximum Gasteiger partial charge on any atom is 0.0540 e. The molecular formula is C61H43N. The Morgan fingerprint density at radius 2 is 0.806 bits per heavy atom. The molecule has 1 nitrogen and oxygen atoms in total. The van der Waals surface area contributed by atoms with Crippen LogP contribution in [0.2, 0.25) is 0 Å². The van der Waals surface area contributed by atoms with Crippen LogP contribution in [0.4, 0.5) is 17.1 Å². The lowest BCUT2D eigenvalue weighted by molar-refractivity contribution is 0.660. The third-order valence-electron chi connectivity index (χ3n) is 13.4. The molecule has 1 heteroatoms. The number of rotatable bonds is 6. The molecule has 0 fully saturated rings. The largest absolute Gasteiger partial charge is 0.310 e. The molecule has 0 amide bonds. The monoisotopic (exact) mass is 789 g/mol. The number of para-hydroxylation sites is 1. The van der Waals surface area contributed by atoms with Crippen molar-refractivity contribution in [1.29, 1.82) is 0 Å². The van der Waals surface area contributed by atoms with Gasteiger partial charge in [0, 0.05) is 22.4 Å². The predicted octanol–water partition coefficient (Wildman–Crippen LogP) is 17.1. The Morgan fingerprint density at radius 3 is 1.58 bits per heavy atom. The van der Waals surface area contributed by atoms with Gasteiger partial charge in [-0.2, -0.15) is 0 Å². The summed E-state index contributed by atoms with van der Waals surface area (Å²) in [5.74, 6) is 0. The smallest absolute Gasteiger partial charge is 0.0540 e. The lowest BCUT2D eigenvalue weighted by Crippen LogP contribution is -2.17. The molecule has 11 aromatic carbocycles. The van der Waals surface area contributed by atoms with Crippen LogP contribution in [0, 0.1) is 0 Å². The fourth-order valence-electron chi connectivity index (χ4n) is 10.3. The first kappa shape index (κ1) is 36.1. The van der Waals surface area contributed by atoms with Gasteiger partial charge in [0.1, 0.15) is 0 Å². The molecule has 0 N–H and O–H groups in total. The maximum absolute atomic E-state index is 2.49. The van der Waals surface area contributed by atoms with Crippen LogP contribution in [-0.4, -0.2) is 0 Å². The van der Waals surface area contributed by atoms with Crippen LogP contribution in [0.1, 0.15) is 25.0 Å². The Balaban J connectivity index is 1.05. The van der Waals surface area contributed by atoms with Gasteiger partial charge in [-0.05, 0) is 142 Å². The molecule has 0 spiro atoms. The van der Waals surface area contributed by atoms with Crippen molar-refractivity contribution < 1.29 is 0 Å². The second-order valence-corrected chi connectivity index (χ2v) is 17.3. The van der Waals surface area contributed by atoms with Crippen LogP contribution in [0.15, 0.2) is 224 Å². The highest BCUT2D eigenvalue weighted by Gasteiger charge is 2.36. The second-order valence-electron chi connectivity index (χ2n) is 17.3. The average Bonchev–Trinajstić information content (AvgIpc) is 3.56. The first-order valence-corrected chi connectivity index (χ1v) is 21.7. The molecule has 1 aliphatic rings. The van der Waals surface area contributed by atoms with Crippen molar-refractivity contribution in [2.24, 2.45) is 0 Å². The summed E-state index contributed by atoms with van der Waals surface area (Å²) in [5, 5.41) is 10.1. The van der Waals surface area contributed by atoms with Crippen molar-refractivity contribution in [2.45, 2.75) is 19.3 Å². The molecule has 0 aromatic heterocycles. The molecule has 62 heavy (non-hydrogen) atoms. The molecular weight excluding hydrogens is 747 g/mol. The second kappa shape index (κ2) is 14.2. The Labute approximate surface area is 362 Å². The molecule has 0 heterocycles. The minimum absolute atomic E-state index is 0.221. The van der Waals surface area contributed by atoms with Crippen LogP contribution in [0.3, 0.4) is 0 Å². The van der Waals surface area contributed by atoms with Crippen molar-refractivity contribution in [3.05, 3.63) is 236 Å². The van der Waals surface area contributed by atoms with E-state index < -0.39 is 0 Å². The molecule has 292 valence electrons. The van der Waals surface area contributed by atoms with E-state index in [0.717, 1.165) is 17.1 Å². The van der Waals surface area contributed by atoms with E-state index in [1.165, 1.54) is 98.7 Å². The van der Waals surface area contributed by atoms with Crippen molar-refractivity contribution in [3.8, 4) is 44.5 Å². The summed E-state index contributed by atoms with van der Waals surface area (Å²) in [6, 6.07) is 83.1. The zero-order valence-electron chi connectivity index (χ0n) is 34.8. The molecule has 0 bridgehead atoms. The van der Waals surface area contributed by atoms with E-state index in [0.29, 0.717) is 0 Å². The topological polar surface area (TPSA) is 3.24 Å². The van der Waals surface area contributed by atoms with Crippen molar-refractivity contribution in [3.63, 3.8) is 0 Å². The molecule has 1 aliphatic carbocycles. The Bertz CT molecular complexity index is 3520. The normalized spacial score (nSPS) is 12.8. The van der Waals surface area contributed by atoms with Gasteiger partial charge in [0.25, 0.3) is 0 Å². The van der Waals surface area contributed by atoms with Gasteiger partial charge < -0.3 is 4.90 Å². The summed E-state index contributed by atoms with van der Waals surface area (Å²) in [7, 11) is 0. The maximum atomic E-state index is 2.49. The summed E-state index contributed by atoms with van der Waals surface area (Å²) in [6.07, 6.45) is 0. The third-order valence-corrected chi connectivity index (χ3v) is 13.4. The van der Waals surface area contributed by atoms with Gasteiger partial charge in [-0.3, -0.25) is 0 Å². The van der Waals surface area contributed by atoms with Crippen LogP contribution < -0.4 is 4.90 Å². The van der Waals surface area contributed by atoms with Crippen molar-refractivity contribution in [1.82, 2.24) is 0 Å². The quantitative estimate of drug-likeness (QED) is 0.152. The fraction of sp³-hybridized carbons (Fsp3) is 0.0492. The van der Waals surface area contributed by atoms with Crippen LogP contribution in [0.5, 0.6) is 0 Å². The highest BCUT2D eigenvalue weighted by atomic mass is 15.1.